The van der Waals surface area contributed by atoms with Crippen LogP contribution in [0.25, 0.3) is 5.69 Å². The van der Waals surface area contributed by atoms with Crippen LogP contribution in [0.4, 0.5) is 8.78 Å². The van der Waals surface area contributed by atoms with Crippen molar-refractivity contribution in [3.05, 3.63) is 70.1 Å². The molecule has 1 N–H and O–H groups in total. The maximum Gasteiger partial charge on any atom is 0.281 e. The van der Waals surface area contributed by atoms with Gasteiger partial charge in [-0.05, 0) is 38.1 Å². The van der Waals surface area contributed by atoms with Crippen LogP contribution in [0.15, 0.2) is 41.6 Å². The molecule has 0 spiro atoms. The van der Waals surface area contributed by atoms with Crippen molar-refractivity contribution in [2.45, 2.75) is 18.9 Å². The number of rotatable bonds is 4. The standard InChI is InChI=1S/C17H13ClF2N4O3S/c1-9-16(10(2)24(22-9)14-5-4-12(19)7-13(14)20)17(25)23-28(26,27)15-6-3-11(18)8-21-15/h3-8H,1-2H3,(H,23,25). The van der Waals surface area contributed by atoms with E-state index in [0.717, 1.165) is 23.0 Å². The normalized spacial score (nSPS) is 11.5. The Kier molecular flexibility index (Phi) is 5.18. The highest BCUT2D eigenvalue weighted by Crippen LogP contribution is 2.21. The SMILES string of the molecule is Cc1nn(-c2ccc(F)cc2F)c(C)c1C(=O)NS(=O)(=O)c1ccc(Cl)cn1. The number of amides is 1. The number of carbonyl (C=O) groups excluding carboxylic acids is 1. The third-order valence-electron chi connectivity index (χ3n) is 3.86. The van der Waals surface area contributed by atoms with E-state index in [9.17, 15) is 22.0 Å². The zero-order valence-electron chi connectivity index (χ0n) is 14.6. The average molecular weight is 427 g/mol. The van der Waals surface area contributed by atoms with Gasteiger partial charge in [0.2, 0.25) is 0 Å². The van der Waals surface area contributed by atoms with E-state index in [1.54, 1.807) is 0 Å². The summed E-state index contributed by atoms with van der Waals surface area (Å²) in [4.78, 5) is 16.2. The van der Waals surface area contributed by atoms with Crippen LogP contribution >= 0.6 is 11.6 Å². The highest BCUT2D eigenvalue weighted by molar-refractivity contribution is 7.90. The molecule has 0 saturated heterocycles. The van der Waals surface area contributed by atoms with E-state index in [2.05, 4.69) is 10.1 Å². The Hall–Kier alpha value is -2.85. The molecule has 0 fully saturated rings. The number of nitrogens with one attached hydrogen (secondary N) is 1. The van der Waals surface area contributed by atoms with E-state index < -0.39 is 32.6 Å². The molecule has 0 bridgehead atoms. The third-order valence-corrected chi connectivity index (χ3v) is 5.33. The summed E-state index contributed by atoms with van der Waals surface area (Å²) < 4.78 is 54.9. The number of carbonyl (C=O) groups is 1. The predicted molar refractivity (Wildman–Crippen MR) is 96.9 cm³/mol. The number of aryl methyl sites for hydroxylation is 1. The highest BCUT2D eigenvalue weighted by Gasteiger charge is 2.26. The van der Waals surface area contributed by atoms with E-state index >= 15 is 0 Å². The first-order chi connectivity index (χ1) is 13.1. The number of aromatic nitrogens is 3. The monoisotopic (exact) mass is 426 g/mol. The number of sulfonamides is 1. The van der Waals surface area contributed by atoms with Crippen LogP contribution in [0.3, 0.4) is 0 Å². The molecule has 3 aromatic rings. The topological polar surface area (TPSA) is 94.0 Å². The average Bonchev–Trinajstić information content (AvgIpc) is 2.89. The lowest BCUT2D eigenvalue weighted by Crippen LogP contribution is -2.31. The molecular formula is C17H13ClF2N4O3S. The number of hydrogen-bond donors (Lipinski definition) is 1. The first-order valence-corrected chi connectivity index (χ1v) is 9.66. The highest BCUT2D eigenvalue weighted by atomic mass is 35.5. The zero-order valence-corrected chi connectivity index (χ0v) is 16.1. The van der Waals surface area contributed by atoms with E-state index in [-0.39, 0.29) is 27.7 Å². The van der Waals surface area contributed by atoms with Crippen molar-refractivity contribution in [3.63, 3.8) is 0 Å². The maximum atomic E-state index is 14.1. The number of benzene rings is 1. The largest absolute Gasteiger partial charge is 0.281 e. The zero-order chi connectivity index (χ0) is 20.6. The molecule has 0 atom stereocenters. The molecule has 2 heterocycles. The molecule has 0 aliphatic rings. The van der Waals surface area contributed by atoms with Gasteiger partial charge in [-0.15, -0.1) is 0 Å². The minimum Gasteiger partial charge on any atom is -0.268 e. The van der Waals surface area contributed by atoms with E-state index in [4.69, 9.17) is 11.6 Å². The van der Waals surface area contributed by atoms with Crippen LogP contribution in [0.2, 0.25) is 5.02 Å². The second-order valence-electron chi connectivity index (χ2n) is 5.80. The van der Waals surface area contributed by atoms with Crippen LogP contribution in [-0.2, 0) is 10.0 Å². The smallest absolute Gasteiger partial charge is 0.268 e. The summed E-state index contributed by atoms with van der Waals surface area (Å²) in [5.74, 6) is -2.60. The summed E-state index contributed by atoms with van der Waals surface area (Å²) in [7, 11) is -4.26. The van der Waals surface area contributed by atoms with E-state index in [1.165, 1.54) is 26.0 Å². The summed E-state index contributed by atoms with van der Waals surface area (Å²) in [6.07, 6.45) is 1.13. The van der Waals surface area contributed by atoms with E-state index in [1.807, 2.05) is 4.72 Å². The molecule has 28 heavy (non-hydrogen) atoms. The summed E-state index contributed by atoms with van der Waals surface area (Å²) in [6.45, 7) is 2.93. The van der Waals surface area contributed by atoms with Gasteiger partial charge in [-0.2, -0.15) is 13.5 Å². The van der Waals surface area contributed by atoms with Gasteiger partial charge in [0, 0.05) is 12.3 Å². The molecule has 0 saturated carbocycles. The molecule has 146 valence electrons. The fraction of sp³-hybridized carbons (Fsp3) is 0.118. The Bertz CT molecular complexity index is 1180. The van der Waals surface area contributed by atoms with Crippen LogP contribution < -0.4 is 4.72 Å². The summed E-state index contributed by atoms with van der Waals surface area (Å²) >= 11 is 5.68. The number of pyridine rings is 1. The van der Waals surface area contributed by atoms with E-state index in [0.29, 0.717) is 6.07 Å². The van der Waals surface area contributed by atoms with Crippen molar-refractivity contribution >= 4 is 27.5 Å². The van der Waals surface area contributed by atoms with Crippen molar-refractivity contribution in [1.82, 2.24) is 19.5 Å². The summed E-state index contributed by atoms with van der Waals surface area (Å²) in [5, 5.41) is 3.92. The first-order valence-electron chi connectivity index (χ1n) is 7.80. The number of nitrogens with zero attached hydrogens (tertiary/aromatic N) is 3. The van der Waals surface area contributed by atoms with Gasteiger partial charge in [0.05, 0.1) is 22.0 Å². The Morgan fingerprint density at radius 2 is 1.89 bits per heavy atom. The second-order valence-corrected chi connectivity index (χ2v) is 7.87. The van der Waals surface area contributed by atoms with Gasteiger partial charge in [0.1, 0.15) is 11.5 Å². The summed E-state index contributed by atoms with van der Waals surface area (Å²) in [5.41, 5.74) is 0.210. The molecule has 11 heteroatoms. The second kappa shape index (κ2) is 7.28. The minimum atomic E-state index is -4.26. The predicted octanol–water partition coefficient (Wildman–Crippen LogP) is 2.93. The fourth-order valence-corrected chi connectivity index (χ4v) is 3.61. The van der Waals surface area contributed by atoms with Crippen molar-refractivity contribution in [3.8, 4) is 5.69 Å². The van der Waals surface area contributed by atoms with Gasteiger partial charge < -0.3 is 0 Å². The van der Waals surface area contributed by atoms with Gasteiger partial charge in [-0.1, -0.05) is 11.6 Å². The van der Waals surface area contributed by atoms with Crippen LogP contribution in [0.5, 0.6) is 0 Å². The van der Waals surface area contributed by atoms with Crippen molar-refractivity contribution in [1.29, 1.82) is 0 Å². The van der Waals surface area contributed by atoms with Gasteiger partial charge >= 0.3 is 0 Å². The lowest BCUT2D eigenvalue weighted by Gasteiger charge is -2.08. The van der Waals surface area contributed by atoms with Crippen molar-refractivity contribution in [2.24, 2.45) is 0 Å². The molecule has 0 unspecified atom stereocenters. The van der Waals surface area contributed by atoms with Gasteiger partial charge in [-0.25, -0.2) is 23.2 Å². The lowest BCUT2D eigenvalue weighted by molar-refractivity contribution is 0.0980. The molecule has 7 nitrogen and oxygen atoms in total. The Labute approximate surface area is 164 Å². The molecule has 0 radical (unpaired) electrons. The van der Waals surface area contributed by atoms with Gasteiger partial charge in [0.15, 0.2) is 10.8 Å². The van der Waals surface area contributed by atoms with Gasteiger partial charge in [0.25, 0.3) is 15.9 Å². The molecular weight excluding hydrogens is 414 g/mol. The summed E-state index contributed by atoms with van der Waals surface area (Å²) in [6, 6.07) is 5.36. The molecule has 1 amide bonds. The Morgan fingerprint density at radius 3 is 2.50 bits per heavy atom. The minimum absolute atomic E-state index is 0.0544. The van der Waals surface area contributed by atoms with Crippen molar-refractivity contribution < 1.29 is 22.0 Å². The molecule has 3 rings (SSSR count). The number of halogens is 3. The quantitative estimate of drug-likeness (QED) is 0.692. The lowest BCUT2D eigenvalue weighted by atomic mass is 10.2. The van der Waals surface area contributed by atoms with Crippen LogP contribution in [-0.4, -0.2) is 29.1 Å². The first kappa shape index (κ1) is 19.9. The van der Waals surface area contributed by atoms with Gasteiger partial charge in [-0.3, -0.25) is 4.79 Å². The Balaban J connectivity index is 1.97. The molecule has 0 aliphatic carbocycles. The number of hydrogen-bond acceptors (Lipinski definition) is 5. The van der Waals surface area contributed by atoms with Crippen LogP contribution in [0.1, 0.15) is 21.7 Å². The van der Waals surface area contributed by atoms with Crippen molar-refractivity contribution in [2.75, 3.05) is 0 Å². The molecule has 2 aromatic heterocycles. The third kappa shape index (κ3) is 3.73. The van der Waals surface area contributed by atoms with Crippen LogP contribution in [0, 0.1) is 25.5 Å². The fourth-order valence-electron chi connectivity index (χ4n) is 2.61. The molecule has 0 aliphatic heterocycles. The maximum absolute atomic E-state index is 14.1. The molecule has 1 aromatic carbocycles. The Morgan fingerprint density at radius 1 is 1.18 bits per heavy atom.